The molecule has 34 heavy (non-hydrogen) atoms. The summed E-state index contributed by atoms with van der Waals surface area (Å²) in [5.74, 6) is -0.238. The Hall–Kier alpha value is -2.64. The molecule has 0 saturated heterocycles. The number of carbonyl (C=O) groups is 2. The molecule has 0 bridgehead atoms. The van der Waals surface area contributed by atoms with Gasteiger partial charge in [-0.3, -0.25) is 9.59 Å². The fourth-order valence-corrected chi connectivity index (χ4v) is 5.59. The van der Waals surface area contributed by atoms with Gasteiger partial charge < -0.3 is 25.2 Å². The number of nitrogens with one attached hydrogen (secondary N) is 1. The van der Waals surface area contributed by atoms with Crippen molar-refractivity contribution in [1.29, 1.82) is 0 Å². The molecule has 184 valence electrons. The number of carbonyl (C=O) groups excluding carboxylic acids is 2. The molecule has 1 aliphatic heterocycles. The van der Waals surface area contributed by atoms with Gasteiger partial charge in [0.2, 0.25) is 11.8 Å². The van der Waals surface area contributed by atoms with E-state index in [0.29, 0.717) is 11.3 Å². The first-order valence-electron chi connectivity index (χ1n) is 12.4. The highest BCUT2D eigenvalue weighted by Gasteiger charge is 2.51. The number of ether oxygens (including phenoxy) is 1. The SMILES string of the molecule is CC(C)=CC(=O)N(C1CCCCCC1)C1C=C(C(=O)NCCO)C2c3ccccc3OC2C1O. The molecule has 1 fully saturated rings. The number of nitrogens with zero attached hydrogens (tertiary/aromatic N) is 1. The first kappa shape index (κ1) is 24.5. The summed E-state index contributed by atoms with van der Waals surface area (Å²) in [7, 11) is 0. The van der Waals surface area contributed by atoms with E-state index in [1.54, 1.807) is 17.1 Å². The topological polar surface area (TPSA) is 99.1 Å². The molecule has 2 amide bonds. The van der Waals surface area contributed by atoms with Crippen molar-refractivity contribution < 1.29 is 24.5 Å². The van der Waals surface area contributed by atoms with Gasteiger partial charge in [0.05, 0.1) is 18.6 Å². The van der Waals surface area contributed by atoms with Crippen molar-refractivity contribution in [2.75, 3.05) is 13.2 Å². The molecule has 4 atom stereocenters. The Morgan fingerprint density at radius 2 is 1.85 bits per heavy atom. The van der Waals surface area contributed by atoms with Gasteiger partial charge in [0.15, 0.2) is 0 Å². The average molecular weight is 469 g/mol. The highest BCUT2D eigenvalue weighted by Crippen LogP contribution is 2.47. The summed E-state index contributed by atoms with van der Waals surface area (Å²) in [5, 5.41) is 23.6. The van der Waals surface area contributed by atoms with Crippen LogP contribution in [-0.4, -0.2) is 64.4 Å². The lowest BCUT2D eigenvalue weighted by Gasteiger charge is -2.43. The number of aliphatic hydroxyl groups excluding tert-OH is 2. The molecule has 2 aliphatic carbocycles. The van der Waals surface area contributed by atoms with Crippen LogP contribution in [0.2, 0.25) is 0 Å². The molecule has 0 spiro atoms. The average Bonchev–Trinajstić information content (AvgIpc) is 3.00. The monoisotopic (exact) mass is 468 g/mol. The number of hydrogen-bond donors (Lipinski definition) is 3. The highest BCUT2D eigenvalue weighted by molar-refractivity contribution is 5.96. The molecule has 1 heterocycles. The number of rotatable bonds is 6. The van der Waals surface area contributed by atoms with Crippen LogP contribution in [0, 0.1) is 0 Å². The van der Waals surface area contributed by atoms with E-state index in [1.807, 2.05) is 38.1 Å². The predicted molar refractivity (Wildman–Crippen MR) is 129 cm³/mol. The molecule has 1 aromatic carbocycles. The molecule has 1 aromatic rings. The number of benzene rings is 1. The van der Waals surface area contributed by atoms with Crippen LogP contribution in [0.3, 0.4) is 0 Å². The zero-order valence-electron chi connectivity index (χ0n) is 20.1. The van der Waals surface area contributed by atoms with E-state index in [9.17, 15) is 19.8 Å². The Balaban J connectivity index is 1.78. The lowest BCUT2D eigenvalue weighted by molar-refractivity contribution is -0.135. The maximum atomic E-state index is 13.5. The third kappa shape index (κ3) is 4.91. The molecule has 7 nitrogen and oxygen atoms in total. The Morgan fingerprint density at radius 3 is 2.53 bits per heavy atom. The van der Waals surface area contributed by atoms with Crippen LogP contribution in [0.5, 0.6) is 5.75 Å². The number of para-hydroxylation sites is 1. The number of hydrogen-bond acceptors (Lipinski definition) is 5. The van der Waals surface area contributed by atoms with Crippen molar-refractivity contribution in [2.45, 2.75) is 82.6 Å². The van der Waals surface area contributed by atoms with E-state index < -0.39 is 24.2 Å². The van der Waals surface area contributed by atoms with Crippen LogP contribution in [0.25, 0.3) is 0 Å². The minimum Gasteiger partial charge on any atom is -0.486 e. The second-order valence-electron chi connectivity index (χ2n) is 9.79. The van der Waals surface area contributed by atoms with Crippen LogP contribution in [-0.2, 0) is 9.59 Å². The number of fused-ring (bicyclic) bond motifs is 3. The first-order chi connectivity index (χ1) is 16.4. The van der Waals surface area contributed by atoms with Crippen molar-refractivity contribution in [3.05, 3.63) is 53.1 Å². The van der Waals surface area contributed by atoms with E-state index in [-0.39, 0.29) is 31.0 Å². The van der Waals surface area contributed by atoms with Crippen LogP contribution in [0.15, 0.2) is 47.6 Å². The molecule has 4 unspecified atom stereocenters. The summed E-state index contributed by atoms with van der Waals surface area (Å²) in [6, 6.07) is 6.82. The minimum atomic E-state index is -0.982. The van der Waals surface area contributed by atoms with E-state index in [2.05, 4.69) is 5.32 Å². The van der Waals surface area contributed by atoms with E-state index in [0.717, 1.165) is 49.7 Å². The first-order valence-corrected chi connectivity index (χ1v) is 12.4. The summed E-state index contributed by atoms with van der Waals surface area (Å²) in [5.41, 5.74) is 2.22. The minimum absolute atomic E-state index is 0.0106. The van der Waals surface area contributed by atoms with Crippen molar-refractivity contribution >= 4 is 11.8 Å². The molecule has 4 rings (SSSR count). The molecule has 1 saturated carbocycles. The third-order valence-electron chi connectivity index (χ3n) is 7.08. The zero-order valence-corrected chi connectivity index (χ0v) is 20.1. The number of aliphatic hydroxyl groups is 2. The maximum Gasteiger partial charge on any atom is 0.247 e. The molecule has 0 radical (unpaired) electrons. The summed E-state index contributed by atoms with van der Waals surface area (Å²) in [6.45, 7) is 3.74. The Bertz CT molecular complexity index is 960. The molecule has 3 aliphatic rings. The number of amides is 2. The van der Waals surface area contributed by atoms with Gasteiger partial charge in [-0.25, -0.2) is 0 Å². The molecule has 3 N–H and O–H groups in total. The lowest BCUT2D eigenvalue weighted by atomic mass is 9.77. The summed E-state index contributed by atoms with van der Waals surface area (Å²) < 4.78 is 6.19. The van der Waals surface area contributed by atoms with Crippen LogP contribution in [0.1, 0.15) is 63.9 Å². The second kappa shape index (κ2) is 10.7. The molecular weight excluding hydrogens is 432 g/mol. The van der Waals surface area contributed by atoms with E-state index >= 15 is 0 Å². The lowest BCUT2D eigenvalue weighted by Crippen LogP contribution is -2.58. The van der Waals surface area contributed by atoms with Gasteiger partial charge in [0.25, 0.3) is 0 Å². The largest absolute Gasteiger partial charge is 0.486 e. The molecule has 0 aromatic heterocycles. The fourth-order valence-electron chi connectivity index (χ4n) is 5.59. The predicted octanol–water partition coefficient (Wildman–Crippen LogP) is 2.83. The van der Waals surface area contributed by atoms with Gasteiger partial charge in [-0.1, -0.05) is 49.5 Å². The van der Waals surface area contributed by atoms with E-state index in [1.165, 1.54) is 0 Å². The molecular formula is C27H36N2O5. The van der Waals surface area contributed by atoms with Gasteiger partial charge in [-0.2, -0.15) is 0 Å². The quantitative estimate of drug-likeness (QED) is 0.441. The van der Waals surface area contributed by atoms with Crippen LogP contribution < -0.4 is 10.1 Å². The van der Waals surface area contributed by atoms with Gasteiger partial charge in [-0.05, 0) is 38.8 Å². The van der Waals surface area contributed by atoms with Gasteiger partial charge in [0, 0.05) is 29.8 Å². The molecule has 7 heteroatoms. The normalized spacial score (nSPS) is 26.3. The van der Waals surface area contributed by atoms with Crippen molar-refractivity contribution in [1.82, 2.24) is 10.2 Å². The smallest absolute Gasteiger partial charge is 0.247 e. The Kier molecular flexibility index (Phi) is 7.73. The Morgan fingerprint density at radius 1 is 1.15 bits per heavy atom. The maximum absolute atomic E-state index is 13.5. The summed E-state index contributed by atoms with van der Waals surface area (Å²) in [6.07, 6.45) is 7.84. The van der Waals surface area contributed by atoms with Gasteiger partial charge >= 0.3 is 0 Å². The van der Waals surface area contributed by atoms with E-state index in [4.69, 9.17) is 4.74 Å². The second-order valence-corrected chi connectivity index (χ2v) is 9.79. The third-order valence-corrected chi connectivity index (χ3v) is 7.08. The number of allylic oxidation sites excluding steroid dienone is 1. The standard InChI is InChI=1S/C27H36N2O5/c1-17(2)15-23(31)29(18-9-5-3-4-6-10-18)21-16-20(27(33)28-13-14-30)24-19-11-7-8-12-22(19)34-26(24)25(21)32/h7-8,11-12,15-16,18,21,24-26,30,32H,3-6,9-10,13-14H2,1-2H3,(H,28,33). The highest BCUT2D eigenvalue weighted by atomic mass is 16.5. The summed E-state index contributed by atoms with van der Waals surface area (Å²) in [4.78, 5) is 28.5. The van der Waals surface area contributed by atoms with Gasteiger partial charge in [-0.15, -0.1) is 0 Å². The van der Waals surface area contributed by atoms with Crippen molar-refractivity contribution in [3.8, 4) is 5.75 Å². The van der Waals surface area contributed by atoms with Crippen molar-refractivity contribution in [2.24, 2.45) is 0 Å². The fraction of sp³-hybridized carbons (Fsp3) is 0.556. The van der Waals surface area contributed by atoms with Gasteiger partial charge in [0.1, 0.15) is 18.0 Å². The van der Waals surface area contributed by atoms with Crippen LogP contribution in [0.4, 0.5) is 0 Å². The Labute approximate surface area is 201 Å². The zero-order chi connectivity index (χ0) is 24.2. The van der Waals surface area contributed by atoms with Crippen molar-refractivity contribution in [3.63, 3.8) is 0 Å². The summed E-state index contributed by atoms with van der Waals surface area (Å²) >= 11 is 0. The van der Waals surface area contributed by atoms with Crippen LogP contribution >= 0.6 is 0 Å².